The molecule has 0 N–H and O–H groups in total. The first kappa shape index (κ1) is 17.7. The maximum atomic E-state index is 6.35. The van der Waals surface area contributed by atoms with E-state index >= 15 is 0 Å². The van der Waals surface area contributed by atoms with Crippen LogP contribution in [0.25, 0.3) is 0 Å². The van der Waals surface area contributed by atoms with E-state index in [1.165, 1.54) is 12.8 Å². The highest BCUT2D eigenvalue weighted by Gasteiger charge is 2.64. The quantitative estimate of drug-likeness (QED) is 0.655. The molecule has 0 aromatic carbocycles. The molecular formula is C19H30O6. The van der Waals surface area contributed by atoms with E-state index in [-0.39, 0.29) is 29.7 Å². The van der Waals surface area contributed by atoms with E-state index < -0.39 is 0 Å². The van der Waals surface area contributed by atoms with Crippen molar-refractivity contribution in [2.24, 2.45) is 5.41 Å². The molecule has 0 aromatic heterocycles. The lowest BCUT2D eigenvalue weighted by Gasteiger charge is -2.50. The third-order valence-electron chi connectivity index (χ3n) is 6.27. The van der Waals surface area contributed by atoms with Gasteiger partial charge in [0, 0.05) is 25.4 Å². The second-order valence-corrected chi connectivity index (χ2v) is 7.61. The largest absolute Gasteiger partial charge is 0.473 e. The first-order chi connectivity index (χ1) is 12.3. The molecule has 6 nitrogen and oxygen atoms in total. The molecule has 1 saturated carbocycles. The molecule has 0 radical (unpaired) electrons. The minimum absolute atomic E-state index is 0.0400. The van der Waals surface area contributed by atoms with Gasteiger partial charge in [0.1, 0.15) is 12.4 Å². The molecule has 4 rings (SSSR count). The van der Waals surface area contributed by atoms with Crippen molar-refractivity contribution in [1.82, 2.24) is 0 Å². The van der Waals surface area contributed by atoms with E-state index in [2.05, 4.69) is 6.08 Å². The molecule has 2 bridgehead atoms. The van der Waals surface area contributed by atoms with Crippen LogP contribution in [0.2, 0.25) is 0 Å². The summed E-state index contributed by atoms with van der Waals surface area (Å²) >= 11 is 0. The number of fused-ring (bicyclic) bond motifs is 1. The zero-order valence-corrected chi connectivity index (χ0v) is 15.1. The van der Waals surface area contributed by atoms with Crippen LogP contribution in [-0.4, -0.2) is 51.4 Å². The smallest absolute Gasteiger partial charge is 0.200 e. The summed E-state index contributed by atoms with van der Waals surface area (Å²) in [5.41, 5.74) is -0.322. The van der Waals surface area contributed by atoms with Crippen molar-refractivity contribution in [3.05, 3.63) is 12.3 Å². The Morgan fingerprint density at radius 2 is 2.00 bits per heavy atom. The lowest BCUT2D eigenvalue weighted by Crippen LogP contribution is -2.54. The Morgan fingerprint density at radius 1 is 1.16 bits per heavy atom. The van der Waals surface area contributed by atoms with E-state index in [0.717, 1.165) is 51.7 Å². The monoisotopic (exact) mass is 354 g/mol. The normalized spacial score (nSPS) is 39.0. The second-order valence-electron chi connectivity index (χ2n) is 7.61. The van der Waals surface area contributed by atoms with Gasteiger partial charge in [0.05, 0.1) is 25.6 Å². The predicted octanol–water partition coefficient (Wildman–Crippen LogP) is 3.11. The van der Waals surface area contributed by atoms with Crippen LogP contribution in [0.15, 0.2) is 12.3 Å². The molecule has 2 saturated heterocycles. The lowest BCUT2D eigenvalue weighted by molar-refractivity contribution is -0.208. The summed E-state index contributed by atoms with van der Waals surface area (Å²) in [4.78, 5) is 0. The van der Waals surface area contributed by atoms with Crippen molar-refractivity contribution >= 4 is 0 Å². The highest BCUT2D eigenvalue weighted by atomic mass is 16.7. The van der Waals surface area contributed by atoms with Gasteiger partial charge in [-0.2, -0.15) is 0 Å². The molecule has 0 aromatic rings. The molecule has 25 heavy (non-hydrogen) atoms. The lowest BCUT2D eigenvalue weighted by atomic mass is 9.59. The maximum absolute atomic E-state index is 6.35. The van der Waals surface area contributed by atoms with Crippen LogP contribution in [0, 0.1) is 5.41 Å². The Hall–Kier alpha value is -0.660. The van der Waals surface area contributed by atoms with E-state index in [0.29, 0.717) is 6.79 Å². The summed E-state index contributed by atoms with van der Waals surface area (Å²) < 4.78 is 35.0. The van der Waals surface area contributed by atoms with Crippen LogP contribution in [0.3, 0.4) is 0 Å². The molecule has 142 valence electrons. The van der Waals surface area contributed by atoms with Crippen LogP contribution in [-0.2, 0) is 28.4 Å². The van der Waals surface area contributed by atoms with Gasteiger partial charge in [0.15, 0.2) is 6.29 Å². The summed E-state index contributed by atoms with van der Waals surface area (Å²) in [7, 11) is 1.67. The molecule has 4 aliphatic rings. The van der Waals surface area contributed by atoms with Gasteiger partial charge in [-0.25, -0.2) is 0 Å². The molecule has 3 fully saturated rings. The van der Waals surface area contributed by atoms with E-state index in [1.807, 2.05) is 6.26 Å². The van der Waals surface area contributed by atoms with Crippen molar-refractivity contribution in [2.45, 2.75) is 75.7 Å². The van der Waals surface area contributed by atoms with Gasteiger partial charge in [-0.05, 0) is 31.8 Å². The molecule has 1 aliphatic carbocycles. The van der Waals surface area contributed by atoms with Crippen molar-refractivity contribution in [3.8, 4) is 0 Å². The van der Waals surface area contributed by atoms with E-state index in [1.54, 1.807) is 7.11 Å². The summed E-state index contributed by atoms with van der Waals surface area (Å²) in [5, 5.41) is 0. The molecule has 6 heteroatoms. The minimum Gasteiger partial charge on any atom is -0.473 e. The second kappa shape index (κ2) is 7.53. The first-order valence-corrected chi connectivity index (χ1v) is 9.63. The fraction of sp³-hybridized carbons (Fsp3) is 0.895. The highest BCUT2D eigenvalue weighted by molar-refractivity contribution is 5.21. The molecule has 3 aliphatic heterocycles. The fourth-order valence-corrected chi connectivity index (χ4v) is 5.14. The van der Waals surface area contributed by atoms with Crippen LogP contribution in [0.4, 0.5) is 0 Å². The Balaban J connectivity index is 1.53. The Morgan fingerprint density at radius 3 is 2.84 bits per heavy atom. The van der Waals surface area contributed by atoms with Crippen LogP contribution < -0.4 is 0 Å². The zero-order valence-electron chi connectivity index (χ0n) is 15.1. The average Bonchev–Trinajstić information content (AvgIpc) is 2.89. The first-order valence-electron chi connectivity index (χ1n) is 9.63. The number of rotatable bonds is 7. The van der Waals surface area contributed by atoms with Crippen molar-refractivity contribution in [1.29, 1.82) is 0 Å². The molecule has 4 atom stereocenters. The number of hydrogen-bond acceptors (Lipinski definition) is 6. The van der Waals surface area contributed by atoms with Crippen molar-refractivity contribution in [2.75, 3.05) is 27.1 Å². The van der Waals surface area contributed by atoms with Gasteiger partial charge >= 0.3 is 0 Å². The van der Waals surface area contributed by atoms with Crippen LogP contribution >= 0.6 is 0 Å². The number of methoxy groups -OCH3 is 1. The summed E-state index contributed by atoms with van der Waals surface area (Å²) in [5.74, 6) is 0. The van der Waals surface area contributed by atoms with Crippen LogP contribution in [0.1, 0.15) is 51.4 Å². The van der Waals surface area contributed by atoms with E-state index in [4.69, 9.17) is 28.4 Å². The third kappa shape index (κ3) is 3.23. The predicted molar refractivity (Wildman–Crippen MR) is 89.6 cm³/mol. The standard InChI is InChI=1S/C19H30O6/c1-20-14-24-15(5-6-16-21-10-4-11-22-16)18-7-2-3-8-19(18)9-12-23-17(13-18)25-19/h9,12,15-17H,2-8,10-11,13-14H2,1H3/t15?,17-,18+,19-/m1/s1. The van der Waals surface area contributed by atoms with Gasteiger partial charge in [-0.1, -0.05) is 12.8 Å². The highest BCUT2D eigenvalue weighted by Crippen LogP contribution is 2.61. The van der Waals surface area contributed by atoms with Crippen molar-refractivity contribution in [3.63, 3.8) is 0 Å². The zero-order chi connectivity index (χ0) is 17.2. The molecule has 3 heterocycles. The number of ether oxygens (including phenoxy) is 6. The van der Waals surface area contributed by atoms with Gasteiger partial charge in [-0.3, -0.25) is 0 Å². The Kier molecular flexibility index (Phi) is 5.34. The number of hydrogen-bond donors (Lipinski definition) is 0. The maximum Gasteiger partial charge on any atom is 0.200 e. The Labute approximate surface area is 149 Å². The van der Waals surface area contributed by atoms with E-state index in [9.17, 15) is 0 Å². The summed E-state index contributed by atoms with van der Waals surface area (Å²) in [6.45, 7) is 1.86. The summed E-state index contributed by atoms with van der Waals surface area (Å²) in [6.07, 6.45) is 11.8. The van der Waals surface area contributed by atoms with Gasteiger partial charge in [0.25, 0.3) is 0 Å². The fourth-order valence-electron chi connectivity index (χ4n) is 5.14. The Bertz CT molecular complexity index is 477. The molecular weight excluding hydrogens is 324 g/mol. The van der Waals surface area contributed by atoms with Crippen LogP contribution in [0.5, 0.6) is 0 Å². The molecule has 1 unspecified atom stereocenters. The summed E-state index contributed by atoms with van der Waals surface area (Å²) in [6, 6.07) is 0. The van der Waals surface area contributed by atoms with Crippen molar-refractivity contribution < 1.29 is 28.4 Å². The molecule has 0 amide bonds. The minimum atomic E-state index is -0.263. The van der Waals surface area contributed by atoms with Gasteiger partial charge in [-0.15, -0.1) is 0 Å². The third-order valence-corrected chi connectivity index (χ3v) is 6.27. The average molecular weight is 354 g/mol. The van der Waals surface area contributed by atoms with Gasteiger partial charge < -0.3 is 28.4 Å². The topological polar surface area (TPSA) is 55.4 Å². The SMILES string of the molecule is COCOC(CCC1OCCCO1)[C@@]12CCCC[C@@]13C=CO[C@@H](C2)O3. The van der Waals surface area contributed by atoms with Gasteiger partial charge in [0.2, 0.25) is 6.29 Å². The molecule has 1 spiro atoms.